The molecule has 4 aromatic rings. The van der Waals surface area contributed by atoms with Crippen LogP contribution in [0, 0.1) is 35.5 Å². The van der Waals surface area contributed by atoms with E-state index in [1.54, 1.807) is 93.6 Å². The average molecular weight is 811 g/mol. The number of esters is 6. The Balaban J connectivity index is 2.26. The third-order valence-corrected chi connectivity index (χ3v) is 8.30. The molecule has 0 unspecified atom stereocenters. The predicted molar refractivity (Wildman–Crippen MR) is 218 cm³/mol. The van der Waals surface area contributed by atoms with E-state index >= 15 is 0 Å². The van der Waals surface area contributed by atoms with Crippen LogP contribution in [0.25, 0.3) is 0 Å². The molecule has 0 aliphatic rings. The topological polar surface area (TPSA) is 158 Å². The highest BCUT2D eigenvalue weighted by atomic mass is 16.5. The molecule has 12 heteroatoms. The van der Waals surface area contributed by atoms with Gasteiger partial charge in [-0.15, -0.1) is 0 Å². The van der Waals surface area contributed by atoms with Gasteiger partial charge < -0.3 is 28.4 Å². The lowest BCUT2D eigenvalue weighted by molar-refractivity contribution is -0.142. The van der Waals surface area contributed by atoms with Gasteiger partial charge in [0, 0.05) is 70.8 Å². The molecular weight excluding hydrogens is 769 g/mol. The van der Waals surface area contributed by atoms with Crippen LogP contribution in [0.4, 0.5) is 0 Å². The monoisotopic (exact) mass is 810 g/mol. The van der Waals surface area contributed by atoms with Gasteiger partial charge >= 0.3 is 35.8 Å². The van der Waals surface area contributed by atoms with Crippen molar-refractivity contribution in [3.8, 4) is 35.5 Å². The summed E-state index contributed by atoms with van der Waals surface area (Å²) >= 11 is 0. The van der Waals surface area contributed by atoms with Gasteiger partial charge in [-0.25, -0.2) is 14.4 Å². The molecule has 0 aromatic heterocycles. The summed E-state index contributed by atoms with van der Waals surface area (Å²) in [5.41, 5.74) is 2.41. The van der Waals surface area contributed by atoms with E-state index in [2.05, 4.69) is 35.5 Å². The van der Waals surface area contributed by atoms with Crippen LogP contribution >= 0.6 is 0 Å². The summed E-state index contributed by atoms with van der Waals surface area (Å²) in [4.78, 5) is 76.2. The zero-order valence-corrected chi connectivity index (χ0v) is 34.1. The SMILES string of the molecule is CCOC(=O)c1ccccc1C#Cc1c(COC(C)=O)c(C#Cc2ccccc2C(=O)OCC)c(COC(C)=O)c(C#Cc2ccccc2C(=O)OCC)c1COC(C)=O. The third kappa shape index (κ3) is 12.2. The molecule has 0 spiro atoms. The van der Waals surface area contributed by atoms with Crippen LogP contribution in [0.2, 0.25) is 0 Å². The highest BCUT2D eigenvalue weighted by Crippen LogP contribution is 2.31. The van der Waals surface area contributed by atoms with Crippen molar-refractivity contribution in [2.24, 2.45) is 0 Å². The zero-order valence-electron chi connectivity index (χ0n) is 34.1. The number of hydrogen-bond acceptors (Lipinski definition) is 12. The molecule has 0 N–H and O–H groups in total. The molecule has 306 valence electrons. The molecule has 0 radical (unpaired) electrons. The van der Waals surface area contributed by atoms with E-state index in [1.807, 2.05) is 0 Å². The van der Waals surface area contributed by atoms with Crippen molar-refractivity contribution in [1.29, 1.82) is 0 Å². The van der Waals surface area contributed by atoms with Crippen LogP contribution in [0.1, 0.15) is 123 Å². The highest BCUT2D eigenvalue weighted by Gasteiger charge is 2.25. The predicted octanol–water partition coefficient (Wildman–Crippen LogP) is 6.61. The Bertz CT molecular complexity index is 2200. The molecule has 0 atom stereocenters. The van der Waals surface area contributed by atoms with Gasteiger partial charge in [-0.3, -0.25) is 14.4 Å². The standard InChI is InChI=1S/C48H42O12/c1-7-55-46(52)37-19-13-10-16-34(37)22-25-40-43(28-58-31(4)49)41(26-23-35-17-11-14-20-38(35)47(53)56-8-2)45(30-60-33(6)51)42(44(40)29-59-32(5)50)27-24-36-18-12-15-21-39(36)48(54)57-9-3/h10-21H,7-9,28-30H2,1-6H3. The van der Waals surface area contributed by atoms with Crippen LogP contribution in [-0.4, -0.2) is 55.6 Å². The van der Waals surface area contributed by atoms with Crippen LogP contribution in [0.3, 0.4) is 0 Å². The molecule has 0 heterocycles. The number of hydrogen-bond donors (Lipinski definition) is 0. The average Bonchev–Trinajstić information content (AvgIpc) is 3.22. The maximum atomic E-state index is 13.0. The number of benzene rings is 4. The minimum Gasteiger partial charge on any atom is -0.462 e. The van der Waals surface area contributed by atoms with Gasteiger partial charge in [-0.05, 0) is 57.2 Å². The number of rotatable bonds is 12. The van der Waals surface area contributed by atoms with E-state index in [0.29, 0.717) is 0 Å². The van der Waals surface area contributed by atoms with Crippen molar-refractivity contribution in [3.63, 3.8) is 0 Å². The zero-order chi connectivity index (χ0) is 43.6. The van der Waals surface area contributed by atoms with Gasteiger partial charge in [-0.2, -0.15) is 0 Å². The van der Waals surface area contributed by atoms with E-state index in [1.165, 1.54) is 20.8 Å². The molecular formula is C48H42O12. The third-order valence-electron chi connectivity index (χ3n) is 8.30. The molecule has 0 saturated carbocycles. The molecule has 0 aliphatic heterocycles. The van der Waals surface area contributed by atoms with Crippen LogP contribution in [0.5, 0.6) is 0 Å². The first-order valence-corrected chi connectivity index (χ1v) is 18.8. The Morgan fingerprint density at radius 3 is 0.867 bits per heavy atom. The fraction of sp³-hybridized carbons (Fsp3) is 0.250. The Morgan fingerprint density at radius 1 is 0.383 bits per heavy atom. The summed E-state index contributed by atoms with van der Waals surface area (Å²) in [5.74, 6) is 14.6. The van der Waals surface area contributed by atoms with Crippen LogP contribution in [0.15, 0.2) is 72.8 Å². The minimum absolute atomic E-state index is 0.117. The van der Waals surface area contributed by atoms with Crippen molar-refractivity contribution in [3.05, 3.63) is 140 Å². The largest absolute Gasteiger partial charge is 0.462 e. The Hall–Kier alpha value is -7.62. The molecule has 4 aromatic carbocycles. The van der Waals surface area contributed by atoms with Crippen molar-refractivity contribution in [2.75, 3.05) is 19.8 Å². The molecule has 0 fully saturated rings. The summed E-state index contributed by atoms with van der Waals surface area (Å²) in [6.07, 6.45) is 0. The highest BCUT2D eigenvalue weighted by molar-refractivity contribution is 5.94. The lowest BCUT2D eigenvalue weighted by Crippen LogP contribution is -2.15. The van der Waals surface area contributed by atoms with Gasteiger partial charge in [0.2, 0.25) is 0 Å². The molecule has 12 nitrogen and oxygen atoms in total. The fourth-order valence-electron chi connectivity index (χ4n) is 5.65. The summed E-state index contributed by atoms with van der Waals surface area (Å²) in [5, 5.41) is 0. The molecule has 4 rings (SSSR count). The summed E-state index contributed by atoms with van der Waals surface area (Å²) in [6.45, 7) is 7.72. The first-order chi connectivity index (χ1) is 28.9. The maximum Gasteiger partial charge on any atom is 0.339 e. The van der Waals surface area contributed by atoms with Gasteiger partial charge in [0.1, 0.15) is 19.8 Å². The molecule has 60 heavy (non-hydrogen) atoms. The van der Waals surface area contributed by atoms with E-state index in [-0.39, 0.29) is 86.6 Å². The summed E-state index contributed by atoms with van der Waals surface area (Å²) in [7, 11) is 0. The van der Waals surface area contributed by atoms with Crippen LogP contribution < -0.4 is 0 Å². The minimum atomic E-state index is -0.657. The molecule has 0 bridgehead atoms. The van der Waals surface area contributed by atoms with Gasteiger partial charge in [0.05, 0.1) is 36.5 Å². The van der Waals surface area contributed by atoms with Crippen molar-refractivity contribution in [1.82, 2.24) is 0 Å². The van der Waals surface area contributed by atoms with Gasteiger partial charge in [0.15, 0.2) is 0 Å². The Kier molecular flexibility index (Phi) is 16.8. The second-order valence-electron chi connectivity index (χ2n) is 12.4. The number of ether oxygens (including phenoxy) is 6. The first-order valence-electron chi connectivity index (χ1n) is 18.8. The summed E-state index contributed by atoms with van der Waals surface area (Å²) < 4.78 is 32.5. The number of carbonyl (C=O) groups is 6. The van der Waals surface area contributed by atoms with E-state index in [0.717, 1.165) is 0 Å². The number of carbonyl (C=O) groups excluding carboxylic acids is 6. The van der Waals surface area contributed by atoms with E-state index in [9.17, 15) is 28.8 Å². The van der Waals surface area contributed by atoms with Crippen LogP contribution in [-0.2, 0) is 62.6 Å². The summed E-state index contributed by atoms with van der Waals surface area (Å²) in [6, 6.07) is 19.5. The molecule has 0 amide bonds. The molecule has 0 saturated heterocycles. The lowest BCUT2D eigenvalue weighted by atomic mass is 9.86. The first kappa shape index (κ1) is 45.1. The van der Waals surface area contributed by atoms with Crippen molar-refractivity contribution >= 4 is 35.8 Å². The van der Waals surface area contributed by atoms with Crippen molar-refractivity contribution in [2.45, 2.75) is 61.4 Å². The maximum absolute atomic E-state index is 13.0. The van der Waals surface area contributed by atoms with E-state index in [4.69, 9.17) is 28.4 Å². The second kappa shape index (κ2) is 22.4. The molecule has 0 aliphatic carbocycles. The smallest absolute Gasteiger partial charge is 0.339 e. The quantitative estimate of drug-likeness (QED) is 0.0859. The second-order valence-corrected chi connectivity index (χ2v) is 12.4. The van der Waals surface area contributed by atoms with Gasteiger partial charge in [0.25, 0.3) is 0 Å². The Labute approximate surface area is 348 Å². The lowest BCUT2D eigenvalue weighted by Gasteiger charge is -2.20. The van der Waals surface area contributed by atoms with Crippen molar-refractivity contribution < 1.29 is 57.2 Å². The fourth-order valence-corrected chi connectivity index (χ4v) is 5.65. The van der Waals surface area contributed by atoms with Gasteiger partial charge in [-0.1, -0.05) is 71.9 Å². The normalized spacial score (nSPS) is 9.90. The van der Waals surface area contributed by atoms with E-state index < -0.39 is 55.6 Å². The Morgan fingerprint density at radius 2 is 0.633 bits per heavy atom.